The number of rotatable bonds is 11. The lowest BCUT2D eigenvalue weighted by atomic mass is 9.95. The summed E-state index contributed by atoms with van der Waals surface area (Å²) in [6.45, 7) is 3.40. The van der Waals surface area contributed by atoms with Gasteiger partial charge in [0.15, 0.2) is 0 Å². The molecule has 4 rings (SSSR count). The van der Waals surface area contributed by atoms with Crippen LogP contribution in [-0.2, 0) is 26.2 Å². The predicted octanol–water partition coefficient (Wildman–Crippen LogP) is 6.86. The van der Waals surface area contributed by atoms with E-state index in [0.29, 0.717) is 17.1 Å². The number of amides is 2. The molecule has 0 heterocycles. The highest BCUT2D eigenvalue weighted by Crippen LogP contribution is 2.27. The molecule has 0 radical (unpaired) electrons. The van der Waals surface area contributed by atoms with E-state index in [0.717, 1.165) is 52.0 Å². The fraction of sp³-hybridized carbons (Fsp3) is 0.375. The Bertz CT molecular complexity index is 1460. The van der Waals surface area contributed by atoms with Crippen LogP contribution >= 0.6 is 27.5 Å². The first-order valence-corrected chi connectivity index (χ1v) is 16.9. The number of benzene rings is 3. The maximum absolute atomic E-state index is 14.2. The number of anilines is 1. The van der Waals surface area contributed by atoms with Crippen molar-refractivity contribution < 1.29 is 18.0 Å². The molecule has 0 aliphatic heterocycles. The summed E-state index contributed by atoms with van der Waals surface area (Å²) < 4.78 is 29.8. The Hall–Kier alpha value is -2.88. The van der Waals surface area contributed by atoms with E-state index in [1.165, 1.54) is 4.90 Å². The summed E-state index contributed by atoms with van der Waals surface area (Å²) in [4.78, 5) is 29.4. The number of aryl methyl sites for hydroxylation is 1. The van der Waals surface area contributed by atoms with Gasteiger partial charge in [0, 0.05) is 22.1 Å². The number of hydrogen-bond donors (Lipinski definition) is 1. The molecule has 1 atom stereocenters. The van der Waals surface area contributed by atoms with Crippen molar-refractivity contribution in [2.75, 3.05) is 10.8 Å². The van der Waals surface area contributed by atoms with Crippen LogP contribution in [0.25, 0.3) is 0 Å². The van der Waals surface area contributed by atoms with Gasteiger partial charge in [0.2, 0.25) is 11.8 Å². The Morgan fingerprint density at radius 1 is 0.952 bits per heavy atom. The number of hydrogen-bond acceptors (Lipinski definition) is 4. The zero-order chi connectivity index (χ0) is 30.3. The van der Waals surface area contributed by atoms with Crippen molar-refractivity contribution in [3.8, 4) is 0 Å². The SMILES string of the molecule is CCC(C(=O)NC1CCCCC1)N(Cc1ccc(Cl)cc1)C(=O)CN(c1ccc(Br)cc1)S(=O)(=O)c1ccc(C)cc1. The van der Waals surface area contributed by atoms with Gasteiger partial charge in [-0.1, -0.05) is 83.5 Å². The largest absolute Gasteiger partial charge is 0.352 e. The zero-order valence-electron chi connectivity index (χ0n) is 23.9. The first-order chi connectivity index (χ1) is 20.1. The van der Waals surface area contributed by atoms with Crippen LogP contribution in [0.5, 0.6) is 0 Å². The van der Waals surface area contributed by atoms with Crippen molar-refractivity contribution in [3.05, 3.63) is 93.4 Å². The molecule has 7 nitrogen and oxygen atoms in total. The van der Waals surface area contributed by atoms with E-state index in [-0.39, 0.29) is 23.4 Å². The summed E-state index contributed by atoms with van der Waals surface area (Å²) >= 11 is 9.51. The molecule has 0 bridgehead atoms. The number of halogens is 2. The number of nitrogens with zero attached hydrogens (tertiary/aromatic N) is 2. The van der Waals surface area contributed by atoms with Gasteiger partial charge in [-0.3, -0.25) is 13.9 Å². The summed E-state index contributed by atoms with van der Waals surface area (Å²) in [5.74, 6) is -0.697. The van der Waals surface area contributed by atoms with E-state index in [2.05, 4.69) is 21.2 Å². The fourth-order valence-electron chi connectivity index (χ4n) is 5.22. The van der Waals surface area contributed by atoms with Gasteiger partial charge >= 0.3 is 0 Å². The Morgan fingerprint density at radius 3 is 2.17 bits per heavy atom. The molecular weight excluding hydrogens is 638 g/mol. The molecule has 1 saturated carbocycles. The highest BCUT2D eigenvalue weighted by atomic mass is 79.9. The highest BCUT2D eigenvalue weighted by Gasteiger charge is 2.34. The number of carbonyl (C=O) groups is 2. The van der Waals surface area contributed by atoms with Crippen LogP contribution in [0.4, 0.5) is 5.69 Å². The molecule has 1 N–H and O–H groups in total. The molecule has 3 aromatic carbocycles. The smallest absolute Gasteiger partial charge is 0.264 e. The van der Waals surface area contributed by atoms with Crippen LogP contribution in [0, 0.1) is 6.92 Å². The third-order valence-corrected chi connectivity index (χ3v) is 10.2. The molecule has 42 heavy (non-hydrogen) atoms. The van der Waals surface area contributed by atoms with Gasteiger partial charge < -0.3 is 10.2 Å². The van der Waals surface area contributed by atoms with Crippen LogP contribution in [0.3, 0.4) is 0 Å². The average Bonchev–Trinajstić information content (AvgIpc) is 2.98. The van der Waals surface area contributed by atoms with E-state index >= 15 is 0 Å². The minimum Gasteiger partial charge on any atom is -0.352 e. The molecule has 1 aliphatic rings. The minimum absolute atomic E-state index is 0.0777. The molecule has 10 heteroatoms. The van der Waals surface area contributed by atoms with Crippen molar-refractivity contribution in [1.82, 2.24) is 10.2 Å². The Morgan fingerprint density at radius 2 is 1.57 bits per heavy atom. The molecule has 0 spiro atoms. The minimum atomic E-state index is -4.11. The monoisotopic (exact) mass is 673 g/mol. The van der Waals surface area contributed by atoms with E-state index in [1.807, 2.05) is 26.0 Å². The van der Waals surface area contributed by atoms with Crippen molar-refractivity contribution in [2.45, 2.75) is 75.9 Å². The van der Waals surface area contributed by atoms with Crippen molar-refractivity contribution in [2.24, 2.45) is 0 Å². The molecule has 1 aliphatic carbocycles. The molecule has 1 unspecified atom stereocenters. The molecular formula is C32H37BrClN3O4S. The standard InChI is InChI=1S/C32H37BrClN3O4S/c1-3-30(32(39)35-27-7-5-4-6-8-27)36(21-24-11-15-26(34)16-12-24)31(38)22-37(28-17-13-25(33)14-18-28)42(40,41)29-19-9-23(2)10-20-29/h9-20,27,30H,3-8,21-22H2,1-2H3,(H,35,39). The van der Waals surface area contributed by atoms with Crippen LogP contribution < -0.4 is 9.62 Å². The lowest BCUT2D eigenvalue weighted by molar-refractivity contribution is -0.140. The summed E-state index contributed by atoms with van der Waals surface area (Å²) in [7, 11) is -4.11. The molecule has 224 valence electrons. The van der Waals surface area contributed by atoms with Crippen LogP contribution in [-0.4, -0.2) is 43.8 Å². The predicted molar refractivity (Wildman–Crippen MR) is 171 cm³/mol. The van der Waals surface area contributed by atoms with Gasteiger partial charge in [-0.15, -0.1) is 0 Å². The van der Waals surface area contributed by atoms with Gasteiger partial charge in [0.25, 0.3) is 10.0 Å². The van der Waals surface area contributed by atoms with Crippen LogP contribution in [0.15, 0.2) is 82.2 Å². The normalized spacial score (nSPS) is 14.7. The second-order valence-corrected chi connectivity index (χ2v) is 13.9. The quantitative estimate of drug-likeness (QED) is 0.241. The number of carbonyl (C=O) groups excluding carboxylic acids is 2. The van der Waals surface area contributed by atoms with Crippen molar-refractivity contribution in [3.63, 3.8) is 0 Å². The summed E-state index contributed by atoms with van der Waals surface area (Å²) in [6, 6.07) is 19.7. The van der Waals surface area contributed by atoms with Crippen LogP contribution in [0.1, 0.15) is 56.6 Å². The highest BCUT2D eigenvalue weighted by molar-refractivity contribution is 9.10. The number of sulfonamides is 1. The van der Waals surface area contributed by atoms with E-state index < -0.39 is 28.5 Å². The Kier molecular flexibility index (Phi) is 11.1. The zero-order valence-corrected chi connectivity index (χ0v) is 27.1. The molecule has 1 fully saturated rings. The van der Waals surface area contributed by atoms with Crippen molar-refractivity contribution >= 4 is 55.1 Å². The lowest BCUT2D eigenvalue weighted by Crippen LogP contribution is -2.54. The van der Waals surface area contributed by atoms with E-state index in [1.54, 1.807) is 60.7 Å². The maximum Gasteiger partial charge on any atom is 0.264 e. The first kappa shape index (κ1) is 32.0. The molecule has 3 aromatic rings. The Labute approximate surface area is 262 Å². The summed E-state index contributed by atoms with van der Waals surface area (Å²) in [5, 5.41) is 3.72. The third kappa shape index (κ3) is 8.14. The fourth-order valence-corrected chi connectivity index (χ4v) is 7.03. The average molecular weight is 675 g/mol. The summed E-state index contributed by atoms with van der Waals surface area (Å²) in [5.41, 5.74) is 2.05. The maximum atomic E-state index is 14.2. The van der Waals surface area contributed by atoms with Crippen LogP contribution in [0.2, 0.25) is 5.02 Å². The second-order valence-electron chi connectivity index (χ2n) is 10.7. The molecule has 0 aromatic heterocycles. The van der Waals surface area contributed by atoms with Gasteiger partial charge in [-0.05, 0) is 80.3 Å². The van der Waals surface area contributed by atoms with Gasteiger partial charge in [-0.2, -0.15) is 0 Å². The Balaban J connectivity index is 1.69. The molecule has 0 saturated heterocycles. The lowest BCUT2D eigenvalue weighted by Gasteiger charge is -2.34. The molecule has 2 amide bonds. The third-order valence-electron chi connectivity index (χ3n) is 7.61. The number of nitrogens with one attached hydrogen (secondary N) is 1. The second kappa shape index (κ2) is 14.5. The summed E-state index contributed by atoms with van der Waals surface area (Å²) in [6.07, 6.45) is 5.49. The van der Waals surface area contributed by atoms with Gasteiger partial charge in [-0.25, -0.2) is 8.42 Å². The van der Waals surface area contributed by atoms with Gasteiger partial charge in [0.1, 0.15) is 12.6 Å². The van der Waals surface area contributed by atoms with E-state index in [9.17, 15) is 18.0 Å². The topological polar surface area (TPSA) is 86.8 Å². The van der Waals surface area contributed by atoms with E-state index in [4.69, 9.17) is 11.6 Å². The first-order valence-electron chi connectivity index (χ1n) is 14.3. The van der Waals surface area contributed by atoms with Crippen molar-refractivity contribution in [1.29, 1.82) is 0 Å². The van der Waals surface area contributed by atoms with Gasteiger partial charge in [0.05, 0.1) is 10.6 Å².